The number of imidazole rings is 1. The first kappa shape index (κ1) is 17.0. The Hall–Kier alpha value is -3.42. The summed E-state index contributed by atoms with van der Waals surface area (Å²) in [6, 6.07) is 12.9. The van der Waals surface area contributed by atoms with Gasteiger partial charge in [-0.25, -0.2) is 4.79 Å². The molecule has 1 amide bonds. The Morgan fingerprint density at radius 3 is 2.67 bits per heavy atom. The molecule has 8 heteroatoms. The number of amides is 1. The predicted octanol–water partition coefficient (Wildman–Crippen LogP) is 1.65. The maximum atomic E-state index is 12.4. The van der Waals surface area contributed by atoms with Crippen molar-refractivity contribution >= 4 is 22.6 Å². The van der Waals surface area contributed by atoms with Gasteiger partial charge in [0.2, 0.25) is 5.91 Å². The van der Waals surface area contributed by atoms with Gasteiger partial charge in [0.15, 0.2) is 11.5 Å². The largest absolute Gasteiger partial charge is 0.346 e. The zero-order valence-electron chi connectivity index (χ0n) is 15.2. The fraction of sp³-hybridized carbons (Fsp3) is 0.263. The molecule has 0 radical (unpaired) electrons. The molecular formula is C19H20N6O2. The molecule has 1 aromatic carbocycles. The number of carbonyl (C=O) groups excluding carboxylic acids is 1. The van der Waals surface area contributed by atoms with Crippen LogP contribution in [0.3, 0.4) is 0 Å². The Morgan fingerprint density at radius 2 is 1.85 bits per heavy atom. The minimum absolute atomic E-state index is 0.125. The Balaban J connectivity index is 1.48. The summed E-state index contributed by atoms with van der Waals surface area (Å²) >= 11 is 0. The van der Waals surface area contributed by atoms with Gasteiger partial charge in [-0.1, -0.05) is 18.2 Å². The van der Waals surface area contributed by atoms with E-state index in [1.54, 1.807) is 16.2 Å². The number of fused-ring (bicyclic) bond motifs is 2. The molecule has 8 nitrogen and oxygen atoms in total. The van der Waals surface area contributed by atoms with Crippen LogP contribution in [-0.4, -0.2) is 29.6 Å². The van der Waals surface area contributed by atoms with E-state index in [-0.39, 0.29) is 24.1 Å². The molecule has 27 heavy (non-hydrogen) atoms. The van der Waals surface area contributed by atoms with E-state index < -0.39 is 0 Å². The number of aromatic nitrogens is 5. The Labute approximate surface area is 155 Å². The SMILES string of the molecule is C[C@@H](NC(=O)CCn1c(=O)n(C)c2ccccc21)c1nnc2ccccn12. The molecule has 4 aromatic rings. The maximum absolute atomic E-state index is 12.4. The summed E-state index contributed by atoms with van der Waals surface area (Å²) < 4.78 is 5.07. The smallest absolute Gasteiger partial charge is 0.328 e. The molecule has 0 aliphatic rings. The third-order valence-electron chi connectivity index (χ3n) is 4.72. The molecule has 0 spiro atoms. The second-order valence-electron chi connectivity index (χ2n) is 6.51. The van der Waals surface area contributed by atoms with Gasteiger partial charge in [0.25, 0.3) is 0 Å². The highest BCUT2D eigenvalue weighted by atomic mass is 16.2. The minimum Gasteiger partial charge on any atom is -0.346 e. The number of aryl methyl sites for hydroxylation is 2. The van der Waals surface area contributed by atoms with Gasteiger partial charge in [0.1, 0.15) is 0 Å². The van der Waals surface area contributed by atoms with Crippen LogP contribution in [0, 0.1) is 0 Å². The predicted molar refractivity (Wildman–Crippen MR) is 101 cm³/mol. The lowest BCUT2D eigenvalue weighted by molar-refractivity contribution is -0.122. The van der Waals surface area contributed by atoms with Crippen molar-refractivity contribution in [3.05, 3.63) is 65.0 Å². The lowest BCUT2D eigenvalue weighted by Gasteiger charge is -2.12. The second-order valence-corrected chi connectivity index (χ2v) is 6.51. The molecule has 1 N–H and O–H groups in total. The zero-order chi connectivity index (χ0) is 19.0. The lowest BCUT2D eigenvalue weighted by atomic mass is 10.2. The average molecular weight is 364 g/mol. The third kappa shape index (κ3) is 2.99. The lowest BCUT2D eigenvalue weighted by Crippen LogP contribution is -2.30. The Bertz CT molecular complexity index is 1190. The van der Waals surface area contributed by atoms with Crippen LogP contribution < -0.4 is 11.0 Å². The number of hydrogen-bond donors (Lipinski definition) is 1. The van der Waals surface area contributed by atoms with Crippen molar-refractivity contribution in [3.8, 4) is 0 Å². The van der Waals surface area contributed by atoms with Gasteiger partial charge >= 0.3 is 5.69 Å². The van der Waals surface area contributed by atoms with Crippen LogP contribution in [-0.2, 0) is 18.4 Å². The van der Waals surface area contributed by atoms with Gasteiger partial charge in [-0.05, 0) is 31.2 Å². The number of pyridine rings is 1. The number of nitrogens with zero attached hydrogens (tertiary/aromatic N) is 5. The van der Waals surface area contributed by atoms with Crippen molar-refractivity contribution in [2.75, 3.05) is 0 Å². The van der Waals surface area contributed by atoms with E-state index >= 15 is 0 Å². The van der Waals surface area contributed by atoms with Gasteiger partial charge in [-0.2, -0.15) is 0 Å². The van der Waals surface area contributed by atoms with Crippen molar-refractivity contribution < 1.29 is 4.79 Å². The van der Waals surface area contributed by atoms with Gasteiger partial charge in [-0.3, -0.25) is 18.3 Å². The van der Waals surface area contributed by atoms with E-state index in [9.17, 15) is 9.59 Å². The summed E-state index contributed by atoms with van der Waals surface area (Å²) in [5, 5.41) is 11.2. The van der Waals surface area contributed by atoms with E-state index in [4.69, 9.17) is 0 Å². The van der Waals surface area contributed by atoms with E-state index in [1.807, 2.05) is 60.0 Å². The highest BCUT2D eigenvalue weighted by Crippen LogP contribution is 2.13. The normalized spacial score (nSPS) is 12.5. The average Bonchev–Trinajstić information content (AvgIpc) is 3.21. The monoisotopic (exact) mass is 364 g/mol. The minimum atomic E-state index is -0.292. The van der Waals surface area contributed by atoms with Crippen molar-refractivity contribution in [2.45, 2.75) is 25.9 Å². The van der Waals surface area contributed by atoms with E-state index in [0.717, 1.165) is 16.7 Å². The van der Waals surface area contributed by atoms with Crippen molar-refractivity contribution in [1.82, 2.24) is 29.0 Å². The standard InChI is InChI=1S/C19H20N6O2/c1-13(18-22-21-16-9-5-6-11-25(16)18)20-17(26)10-12-24-15-8-4-3-7-14(15)23(2)19(24)27/h3-9,11,13H,10,12H2,1-2H3,(H,20,26)/t13-/m1/s1. The second kappa shape index (κ2) is 6.71. The summed E-state index contributed by atoms with van der Waals surface area (Å²) in [6.45, 7) is 2.19. The molecule has 3 heterocycles. The molecule has 138 valence electrons. The zero-order valence-corrected chi connectivity index (χ0v) is 15.2. The number of rotatable bonds is 5. The van der Waals surface area contributed by atoms with Crippen LogP contribution in [0.5, 0.6) is 0 Å². The van der Waals surface area contributed by atoms with Gasteiger partial charge in [0.05, 0.1) is 17.1 Å². The molecule has 0 aliphatic heterocycles. The summed E-state index contributed by atoms with van der Waals surface area (Å²) in [5.41, 5.74) is 2.29. The molecule has 0 unspecified atom stereocenters. The van der Waals surface area contributed by atoms with Gasteiger partial charge in [0, 0.05) is 26.2 Å². The molecular weight excluding hydrogens is 344 g/mol. The van der Waals surface area contributed by atoms with E-state index in [1.165, 1.54) is 0 Å². The van der Waals surface area contributed by atoms with Crippen LogP contribution >= 0.6 is 0 Å². The maximum Gasteiger partial charge on any atom is 0.328 e. The number of para-hydroxylation sites is 2. The molecule has 0 saturated carbocycles. The topological polar surface area (TPSA) is 86.2 Å². The van der Waals surface area contributed by atoms with Crippen LogP contribution in [0.1, 0.15) is 25.2 Å². The van der Waals surface area contributed by atoms with Crippen molar-refractivity contribution in [1.29, 1.82) is 0 Å². The molecule has 1 atom stereocenters. The summed E-state index contributed by atoms with van der Waals surface area (Å²) in [7, 11) is 1.74. The first-order valence-electron chi connectivity index (χ1n) is 8.79. The van der Waals surface area contributed by atoms with Crippen molar-refractivity contribution in [2.24, 2.45) is 7.05 Å². The van der Waals surface area contributed by atoms with Crippen LogP contribution in [0.25, 0.3) is 16.7 Å². The number of carbonyl (C=O) groups is 1. The Morgan fingerprint density at radius 1 is 1.11 bits per heavy atom. The fourth-order valence-electron chi connectivity index (χ4n) is 3.33. The number of nitrogens with one attached hydrogen (secondary N) is 1. The van der Waals surface area contributed by atoms with Gasteiger partial charge in [-0.15, -0.1) is 10.2 Å². The first-order valence-corrected chi connectivity index (χ1v) is 8.79. The summed E-state index contributed by atoms with van der Waals surface area (Å²) in [5.74, 6) is 0.524. The van der Waals surface area contributed by atoms with Crippen LogP contribution in [0.15, 0.2) is 53.5 Å². The molecule has 0 saturated heterocycles. The number of benzene rings is 1. The fourth-order valence-corrected chi connectivity index (χ4v) is 3.33. The quantitative estimate of drug-likeness (QED) is 0.583. The first-order chi connectivity index (χ1) is 13.1. The molecule has 0 fully saturated rings. The summed E-state index contributed by atoms with van der Waals surface area (Å²) in [4.78, 5) is 24.9. The van der Waals surface area contributed by atoms with Gasteiger partial charge < -0.3 is 5.32 Å². The van der Waals surface area contributed by atoms with Crippen LogP contribution in [0.2, 0.25) is 0 Å². The number of hydrogen-bond acceptors (Lipinski definition) is 4. The molecule has 3 aromatic heterocycles. The van der Waals surface area contributed by atoms with Crippen LogP contribution in [0.4, 0.5) is 0 Å². The van der Waals surface area contributed by atoms with Crippen molar-refractivity contribution in [3.63, 3.8) is 0 Å². The highest BCUT2D eigenvalue weighted by Gasteiger charge is 2.16. The molecule has 0 bridgehead atoms. The summed E-state index contributed by atoms with van der Waals surface area (Å²) in [6.07, 6.45) is 2.07. The third-order valence-corrected chi connectivity index (χ3v) is 4.72. The molecule has 0 aliphatic carbocycles. The van der Waals surface area contributed by atoms with E-state index in [0.29, 0.717) is 12.4 Å². The Kier molecular flexibility index (Phi) is 4.23. The molecule has 4 rings (SSSR count). The van der Waals surface area contributed by atoms with E-state index in [2.05, 4.69) is 15.5 Å². The highest BCUT2D eigenvalue weighted by molar-refractivity contribution is 5.78.